The van der Waals surface area contributed by atoms with Crippen molar-refractivity contribution in [1.82, 2.24) is 0 Å². The third-order valence-corrected chi connectivity index (χ3v) is 2.78. The molecule has 0 saturated carbocycles. The Kier molecular flexibility index (Phi) is 4.70. The minimum absolute atomic E-state index is 0.0123. The van der Waals surface area contributed by atoms with E-state index in [1.807, 2.05) is 6.92 Å². The van der Waals surface area contributed by atoms with Crippen LogP contribution in [0.3, 0.4) is 0 Å². The van der Waals surface area contributed by atoms with Crippen LogP contribution in [0.25, 0.3) is 0 Å². The molecule has 0 aliphatic rings. The molecule has 0 aliphatic carbocycles. The molecule has 0 bridgehead atoms. The fourth-order valence-corrected chi connectivity index (χ4v) is 1.96. The number of hydrogen-bond donors (Lipinski definition) is 1. The summed E-state index contributed by atoms with van der Waals surface area (Å²) in [6.07, 6.45) is 0.257. The van der Waals surface area contributed by atoms with E-state index in [1.165, 1.54) is 0 Å². The number of carbonyl (C=O) groups excluding carboxylic acids is 1. The molecule has 92 valence electrons. The first-order chi connectivity index (χ1) is 7.90. The molecule has 0 radical (unpaired) electrons. The molecule has 17 heavy (non-hydrogen) atoms. The van der Waals surface area contributed by atoms with Crippen LogP contribution in [0.15, 0.2) is 18.2 Å². The Morgan fingerprint density at radius 1 is 1.35 bits per heavy atom. The number of aryl methyl sites for hydroxylation is 1. The molecular weight excluding hydrogens is 240 g/mol. The second-order valence-corrected chi connectivity index (χ2v) is 4.73. The van der Waals surface area contributed by atoms with E-state index in [9.17, 15) is 9.59 Å². The van der Waals surface area contributed by atoms with Crippen LogP contribution in [0.5, 0.6) is 0 Å². The first kappa shape index (κ1) is 13.7. The second kappa shape index (κ2) is 5.82. The Labute approximate surface area is 105 Å². The second-order valence-electron chi connectivity index (χ2n) is 4.29. The smallest absolute Gasteiger partial charge is 0.303 e. The zero-order valence-electron chi connectivity index (χ0n) is 9.87. The summed E-state index contributed by atoms with van der Waals surface area (Å²) in [7, 11) is 0. The number of benzene rings is 1. The van der Waals surface area contributed by atoms with Crippen molar-refractivity contribution in [2.45, 2.75) is 26.7 Å². The molecule has 1 rings (SSSR count). The molecule has 0 aliphatic heterocycles. The highest BCUT2D eigenvalue weighted by atomic mass is 35.5. The summed E-state index contributed by atoms with van der Waals surface area (Å²) < 4.78 is 0. The Balaban J connectivity index is 2.73. The number of Topliss-reactive ketones (excluding diaryl/α,β-unsaturated/α-hetero) is 1. The summed E-state index contributed by atoms with van der Waals surface area (Å²) in [5.74, 6) is -1.07. The molecule has 0 spiro atoms. The molecule has 1 aromatic carbocycles. The van der Waals surface area contributed by atoms with Gasteiger partial charge in [0.15, 0.2) is 5.78 Å². The summed E-state index contributed by atoms with van der Waals surface area (Å²) in [5.41, 5.74) is 1.44. The zero-order chi connectivity index (χ0) is 13.0. The number of carboxylic acids is 1. The molecule has 0 aromatic heterocycles. The molecule has 1 aromatic rings. The fourth-order valence-electron chi connectivity index (χ4n) is 1.74. The molecule has 0 fully saturated rings. The lowest BCUT2D eigenvalue weighted by Crippen LogP contribution is -2.11. The lowest BCUT2D eigenvalue weighted by molar-refractivity contribution is -0.137. The van der Waals surface area contributed by atoms with E-state index in [2.05, 4.69) is 0 Å². The van der Waals surface area contributed by atoms with Gasteiger partial charge in [0, 0.05) is 23.4 Å². The SMILES string of the molecule is Cc1cc(Cl)ccc1C(=O)C[C@@H](C)CC(=O)O. The van der Waals surface area contributed by atoms with Crippen molar-refractivity contribution in [3.63, 3.8) is 0 Å². The van der Waals surface area contributed by atoms with E-state index in [1.54, 1.807) is 25.1 Å². The quantitative estimate of drug-likeness (QED) is 0.820. The highest BCUT2D eigenvalue weighted by Gasteiger charge is 2.15. The number of ketones is 1. The Morgan fingerprint density at radius 3 is 2.53 bits per heavy atom. The van der Waals surface area contributed by atoms with Gasteiger partial charge >= 0.3 is 5.97 Å². The highest BCUT2D eigenvalue weighted by molar-refractivity contribution is 6.30. The third kappa shape index (κ3) is 4.19. The van der Waals surface area contributed by atoms with Gasteiger partial charge in [-0.1, -0.05) is 18.5 Å². The van der Waals surface area contributed by atoms with Gasteiger partial charge in [0.05, 0.1) is 0 Å². The largest absolute Gasteiger partial charge is 0.481 e. The fraction of sp³-hybridized carbons (Fsp3) is 0.385. The topological polar surface area (TPSA) is 54.4 Å². The lowest BCUT2D eigenvalue weighted by atomic mass is 9.95. The Bertz CT molecular complexity index is 440. The van der Waals surface area contributed by atoms with Gasteiger partial charge in [-0.25, -0.2) is 0 Å². The van der Waals surface area contributed by atoms with E-state index < -0.39 is 5.97 Å². The average molecular weight is 255 g/mol. The first-order valence-electron chi connectivity index (χ1n) is 5.41. The molecule has 0 unspecified atom stereocenters. The van der Waals surface area contributed by atoms with Crippen LogP contribution in [-0.4, -0.2) is 16.9 Å². The number of carboxylic acid groups (broad SMARTS) is 1. The van der Waals surface area contributed by atoms with Crippen molar-refractivity contribution < 1.29 is 14.7 Å². The molecule has 3 nitrogen and oxygen atoms in total. The van der Waals surface area contributed by atoms with Gasteiger partial charge in [-0.15, -0.1) is 0 Å². The van der Waals surface area contributed by atoms with Gasteiger partial charge < -0.3 is 5.11 Å². The maximum atomic E-state index is 11.9. The monoisotopic (exact) mass is 254 g/mol. The van der Waals surface area contributed by atoms with Crippen LogP contribution >= 0.6 is 11.6 Å². The number of rotatable bonds is 5. The van der Waals surface area contributed by atoms with E-state index in [0.717, 1.165) is 5.56 Å². The van der Waals surface area contributed by atoms with Gasteiger partial charge in [-0.05, 0) is 36.6 Å². The van der Waals surface area contributed by atoms with Crippen molar-refractivity contribution >= 4 is 23.4 Å². The van der Waals surface area contributed by atoms with Crippen LogP contribution in [0.1, 0.15) is 35.7 Å². The van der Waals surface area contributed by atoms with Crippen LogP contribution < -0.4 is 0 Å². The predicted molar refractivity (Wildman–Crippen MR) is 66.6 cm³/mol. The summed E-state index contributed by atoms with van der Waals surface area (Å²) in [5, 5.41) is 9.22. The molecule has 1 atom stereocenters. The molecule has 0 saturated heterocycles. The van der Waals surface area contributed by atoms with Crippen molar-refractivity contribution in [1.29, 1.82) is 0 Å². The van der Waals surface area contributed by atoms with Crippen molar-refractivity contribution in [3.8, 4) is 0 Å². The van der Waals surface area contributed by atoms with Crippen LogP contribution in [0, 0.1) is 12.8 Å². The maximum Gasteiger partial charge on any atom is 0.303 e. The minimum atomic E-state index is -0.877. The van der Waals surface area contributed by atoms with Crippen LogP contribution in [-0.2, 0) is 4.79 Å². The molecule has 1 N–H and O–H groups in total. The van der Waals surface area contributed by atoms with E-state index >= 15 is 0 Å². The van der Waals surface area contributed by atoms with Gasteiger partial charge in [-0.2, -0.15) is 0 Å². The summed E-state index contributed by atoms with van der Waals surface area (Å²) in [6, 6.07) is 5.09. The molecular formula is C13H15ClO3. The standard InChI is InChI=1S/C13H15ClO3/c1-8(6-13(16)17)5-12(15)11-4-3-10(14)7-9(11)2/h3-4,7-8H,5-6H2,1-2H3,(H,16,17)/t8-/m1/s1. The maximum absolute atomic E-state index is 11.9. The highest BCUT2D eigenvalue weighted by Crippen LogP contribution is 2.19. The van der Waals surface area contributed by atoms with Gasteiger partial charge in [0.25, 0.3) is 0 Å². The lowest BCUT2D eigenvalue weighted by Gasteiger charge is -2.09. The normalized spacial score (nSPS) is 12.2. The molecule has 4 heteroatoms. The minimum Gasteiger partial charge on any atom is -0.481 e. The van der Waals surface area contributed by atoms with Gasteiger partial charge in [-0.3, -0.25) is 9.59 Å². The predicted octanol–water partition coefficient (Wildman–Crippen LogP) is 3.33. The van der Waals surface area contributed by atoms with E-state index in [0.29, 0.717) is 10.6 Å². The van der Waals surface area contributed by atoms with Crippen LogP contribution in [0.2, 0.25) is 5.02 Å². The third-order valence-electron chi connectivity index (χ3n) is 2.55. The molecule has 0 amide bonds. The zero-order valence-corrected chi connectivity index (χ0v) is 10.6. The number of halogens is 1. The summed E-state index contributed by atoms with van der Waals surface area (Å²) in [4.78, 5) is 22.4. The van der Waals surface area contributed by atoms with Crippen molar-refractivity contribution in [3.05, 3.63) is 34.3 Å². The van der Waals surface area contributed by atoms with Gasteiger partial charge in [0.1, 0.15) is 0 Å². The first-order valence-corrected chi connectivity index (χ1v) is 5.79. The van der Waals surface area contributed by atoms with Crippen molar-refractivity contribution in [2.24, 2.45) is 5.92 Å². The molecule has 0 heterocycles. The number of hydrogen-bond acceptors (Lipinski definition) is 2. The Hall–Kier alpha value is -1.35. The summed E-state index contributed by atoms with van der Waals surface area (Å²) >= 11 is 5.81. The average Bonchev–Trinajstić information content (AvgIpc) is 2.15. The summed E-state index contributed by atoms with van der Waals surface area (Å²) in [6.45, 7) is 3.58. The number of carbonyl (C=O) groups is 2. The van der Waals surface area contributed by atoms with E-state index in [4.69, 9.17) is 16.7 Å². The van der Waals surface area contributed by atoms with Crippen molar-refractivity contribution in [2.75, 3.05) is 0 Å². The number of aliphatic carboxylic acids is 1. The van der Waals surface area contributed by atoms with Crippen LogP contribution in [0.4, 0.5) is 0 Å². The van der Waals surface area contributed by atoms with Gasteiger partial charge in [0.2, 0.25) is 0 Å². The Morgan fingerprint density at radius 2 is 2.00 bits per heavy atom. The van der Waals surface area contributed by atoms with E-state index in [-0.39, 0.29) is 24.5 Å².